The number of nitrogens with one attached hydrogen (secondary N) is 1. The second-order valence-electron chi connectivity index (χ2n) is 4.88. The number of hydrogen-bond donors (Lipinski definition) is 2. The molecular formula is C15H18FN3O2. The van der Waals surface area contributed by atoms with Crippen LogP contribution in [-0.2, 0) is 6.54 Å². The molecule has 0 saturated carbocycles. The molecule has 2 aromatic rings. The standard InChI is InChI=1S/C15H18FN3O2/c1-4-7-19-10(3)14(9(2)18-19)15(21)17-12-8-11(16)5-6-13(12)20/h5-6,8,20H,4,7H2,1-3H3,(H,17,21). The zero-order chi connectivity index (χ0) is 15.6. The Bertz CT molecular complexity index is 680. The van der Waals surface area contributed by atoms with Gasteiger partial charge in [0.15, 0.2) is 0 Å². The average molecular weight is 291 g/mol. The molecular weight excluding hydrogens is 273 g/mol. The van der Waals surface area contributed by atoms with Gasteiger partial charge in [0.05, 0.1) is 16.9 Å². The van der Waals surface area contributed by atoms with Crippen LogP contribution in [-0.4, -0.2) is 20.8 Å². The van der Waals surface area contributed by atoms with Crippen LogP contribution in [0, 0.1) is 19.7 Å². The predicted octanol–water partition coefficient (Wildman–Crippen LogP) is 3.01. The summed E-state index contributed by atoms with van der Waals surface area (Å²) in [7, 11) is 0. The number of hydrogen-bond acceptors (Lipinski definition) is 3. The molecule has 5 nitrogen and oxygen atoms in total. The van der Waals surface area contributed by atoms with Gasteiger partial charge in [-0.05, 0) is 32.4 Å². The van der Waals surface area contributed by atoms with Gasteiger partial charge in [-0.3, -0.25) is 9.48 Å². The maximum atomic E-state index is 13.2. The highest BCUT2D eigenvalue weighted by Gasteiger charge is 2.19. The summed E-state index contributed by atoms with van der Waals surface area (Å²) in [5, 5.41) is 16.5. The van der Waals surface area contributed by atoms with Gasteiger partial charge in [-0.25, -0.2) is 4.39 Å². The molecule has 2 N–H and O–H groups in total. The summed E-state index contributed by atoms with van der Waals surface area (Å²) in [6.07, 6.45) is 0.910. The Kier molecular flexibility index (Phi) is 4.26. The molecule has 0 fully saturated rings. The van der Waals surface area contributed by atoms with Crippen LogP contribution in [0.5, 0.6) is 5.75 Å². The molecule has 0 bridgehead atoms. The quantitative estimate of drug-likeness (QED) is 0.851. The highest BCUT2D eigenvalue weighted by molar-refractivity contribution is 6.06. The van der Waals surface area contributed by atoms with Gasteiger partial charge in [0, 0.05) is 18.3 Å². The molecule has 1 aromatic carbocycles. The molecule has 0 aliphatic carbocycles. The van der Waals surface area contributed by atoms with E-state index in [0.717, 1.165) is 30.8 Å². The SMILES string of the molecule is CCCn1nc(C)c(C(=O)Nc2cc(F)ccc2O)c1C. The first-order valence-corrected chi connectivity index (χ1v) is 6.78. The molecule has 0 aliphatic heterocycles. The summed E-state index contributed by atoms with van der Waals surface area (Å²) >= 11 is 0. The number of carbonyl (C=O) groups excluding carboxylic acids is 1. The van der Waals surface area contributed by atoms with Crippen LogP contribution in [0.2, 0.25) is 0 Å². The Labute approximate surface area is 122 Å². The van der Waals surface area contributed by atoms with Crippen LogP contribution in [0.3, 0.4) is 0 Å². The van der Waals surface area contributed by atoms with E-state index >= 15 is 0 Å². The van der Waals surface area contributed by atoms with Crippen LogP contribution in [0.4, 0.5) is 10.1 Å². The Morgan fingerprint density at radius 3 is 2.81 bits per heavy atom. The third kappa shape index (κ3) is 3.04. The van der Waals surface area contributed by atoms with Gasteiger partial charge in [0.25, 0.3) is 5.91 Å². The van der Waals surface area contributed by atoms with E-state index in [4.69, 9.17) is 0 Å². The van der Waals surface area contributed by atoms with Crippen LogP contribution < -0.4 is 5.32 Å². The van der Waals surface area contributed by atoms with E-state index in [1.54, 1.807) is 11.6 Å². The average Bonchev–Trinajstić information content (AvgIpc) is 2.69. The summed E-state index contributed by atoms with van der Waals surface area (Å²) in [6.45, 7) is 6.32. The summed E-state index contributed by atoms with van der Waals surface area (Å²) in [4.78, 5) is 12.3. The van der Waals surface area contributed by atoms with Gasteiger partial charge in [-0.1, -0.05) is 6.92 Å². The molecule has 0 spiro atoms. The first-order valence-electron chi connectivity index (χ1n) is 6.78. The second-order valence-corrected chi connectivity index (χ2v) is 4.88. The number of benzene rings is 1. The lowest BCUT2D eigenvalue weighted by atomic mass is 10.1. The molecule has 112 valence electrons. The van der Waals surface area contributed by atoms with E-state index in [2.05, 4.69) is 10.4 Å². The lowest BCUT2D eigenvalue weighted by molar-refractivity contribution is 0.102. The van der Waals surface area contributed by atoms with Crippen molar-refractivity contribution >= 4 is 11.6 Å². The monoisotopic (exact) mass is 291 g/mol. The van der Waals surface area contributed by atoms with Gasteiger partial charge >= 0.3 is 0 Å². The molecule has 21 heavy (non-hydrogen) atoms. The first-order chi connectivity index (χ1) is 9.93. The van der Waals surface area contributed by atoms with Gasteiger partial charge < -0.3 is 10.4 Å². The van der Waals surface area contributed by atoms with Gasteiger partial charge in [-0.15, -0.1) is 0 Å². The van der Waals surface area contributed by atoms with Gasteiger partial charge in [0.1, 0.15) is 11.6 Å². The maximum absolute atomic E-state index is 13.2. The summed E-state index contributed by atoms with van der Waals surface area (Å²) < 4.78 is 15.0. The minimum atomic E-state index is -0.529. The molecule has 0 radical (unpaired) electrons. The van der Waals surface area contributed by atoms with Crippen molar-refractivity contribution < 1.29 is 14.3 Å². The number of rotatable bonds is 4. The number of aryl methyl sites for hydroxylation is 2. The van der Waals surface area contributed by atoms with Crippen molar-refractivity contribution in [3.63, 3.8) is 0 Å². The highest BCUT2D eigenvalue weighted by atomic mass is 19.1. The van der Waals surface area contributed by atoms with Crippen molar-refractivity contribution in [2.24, 2.45) is 0 Å². The number of phenolic OH excluding ortho intramolecular Hbond substituents is 1. The molecule has 0 saturated heterocycles. The second kappa shape index (κ2) is 5.95. The predicted molar refractivity (Wildman–Crippen MR) is 78.0 cm³/mol. The number of anilines is 1. The molecule has 1 heterocycles. The van der Waals surface area contributed by atoms with E-state index in [9.17, 15) is 14.3 Å². The minimum absolute atomic E-state index is 0.0436. The Morgan fingerprint density at radius 1 is 1.43 bits per heavy atom. The van der Waals surface area contributed by atoms with Crippen molar-refractivity contribution in [3.05, 3.63) is 41.0 Å². The fourth-order valence-electron chi connectivity index (χ4n) is 2.25. The number of amides is 1. The number of halogens is 1. The van der Waals surface area contributed by atoms with Crippen LogP contribution >= 0.6 is 0 Å². The molecule has 1 aromatic heterocycles. The molecule has 0 aliphatic rings. The van der Waals surface area contributed by atoms with E-state index in [1.165, 1.54) is 6.07 Å². The summed E-state index contributed by atoms with van der Waals surface area (Å²) in [6, 6.07) is 3.40. The topological polar surface area (TPSA) is 67.2 Å². The molecule has 0 unspecified atom stereocenters. The van der Waals surface area contributed by atoms with E-state index in [-0.39, 0.29) is 11.4 Å². The number of aromatic hydroxyl groups is 1. The number of aromatic nitrogens is 2. The molecule has 1 amide bonds. The van der Waals surface area contributed by atoms with Crippen molar-refractivity contribution in [2.45, 2.75) is 33.7 Å². The Hall–Kier alpha value is -2.37. The molecule has 6 heteroatoms. The fraction of sp³-hybridized carbons (Fsp3) is 0.333. The largest absolute Gasteiger partial charge is 0.506 e. The Balaban J connectivity index is 2.30. The highest BCUT2D eigenvalue weighted by Crippen LogP contribution is 2.25. The summed E-state index contributed by atoms with van der Waals surface area (Å²) in [5.74, 6) is -1.12. The molecule has 0 atom stereocenters. The van der Waals surface area contributed by atoms with Crippen molar-refractivity contribution in [1.82, 2.24) is 9.78 Å². The zero-order valence-corrected chi connectivity index (χ0v) is 12.3. The van der Waals surface area contributed by atoms with Crippen molar-refractivity contribution in [3.8, 4) is 5.75 Å². The minimum Gasteiger partial charge on any atom is -0.506 e. The maximum Gasteiger partial charge on any atom is 0.259 e. The summed E-state index contributed by atoms with van der Waals surface area (Å²) in [5.41, 5.74) is 1.85. The van der Waals surface area contributed by atoms with Crippen LogP contribution in [0.25, 0.3) is 0 Å². The molecule has 2 rings (SSSR count). The lowest BCUT2D eigenvalue weighted by Crippen LogP contribution is -2.14. The van der Waals surface area contributed by atoms with Crippen molar-refractivity contribution in [2.75, 3.05) is 5.32 Å². The Morgan fingerprint density at radius 2 is 2.14 bits per heavy atom. The number of nitrogens with zero attached hydrogens (tertiary/aromatic N) is 2. The first kappa shape index (κ1) is 15.0. The number of carbonyl (C=O) groups is 1. The third-order valence-electron chi connectivity index (χ3n) is 3.25. The van der Waals surface area contributed by atoms with Crippen molar-refractivity contribution in [1.29, 1.82) is 0 Å². The normalized spacial score (nSPS) is 10.7. The van der Waals surface area contributed by atoms with Crippen LogP contribution in [0.1, 0.15) is 35.1 Å². The van der Waals surface area contributed by atoms with E-state index in [0.29, 0.717) is 11.3 Å². The fourth-order valence-corrected chi connectivity index (χ4v) is 2.25. The smallest absolute Gasteiger partial charge is 0.259 e. The zero-order valence-electron chi connectivity index (χ0n) is 12.3. The third-order valence-corrected chi connectivity index (χ3v) is 3.25. The van der Waals surface area contributed by atoms with Gasteiger partial charge in [-0.2, -0.15) is 5.10 Å². The van der Waals surface area contributed by atoms with Crippen LogP contribution in [0.15, 0.2) is 18.2 Å². The lowest BCUT2D eigenvalue weighted by Gasteiger charge is -2.08. The van der Waals surface area contributed by atoms with E-state index < -0.39 is 11.7 Å². The number of phenols is 1. The van der Waals surface area contributed by atoms with Gasteiger partial charge in [0.2, 0.25) is 0 Å². The van der Waals surface area contributed by atoms with E-state index in [1.807, 2.05) is 13.8 Å².